The molecule has 0 aromatic heterocycles. The highest BCUT2D eigenvalue weighted by Crippen LogP contribution is 2.34. The molecule has 0 fully saturated rings. The highest BCUT2D eigenvalue weighted by Gasteiger charge is 2.23. The lowest BCUT2D eigenvalue weighted by atomic mass is 10.3. The molecule has 0 aliphatic heterocycles. The molecule has 0 bridgehead atoms. The maximum absolute atomic E-state index is 12.5. The molecule has 112 valence electrons. The van der Waals surface area contributed by atoms with Crippen LogP contribution in [0.1, 0.15) is 0 Å². The van der Waals surface area contributed by atoms with Crippen molar-refractivity contribution in [2.45, 2.75) is 4.90 Å². The Morgan fingerprint density at radius 2 is 1.62 bits per heavy atom. The van der Waals surface area contributed by atoms with Crippen molar-refractivity contribution >= 4 is 89.0 Å². The Hall–Kier alpha value is 0.270. The van der Waals surface area contributed by atoms with Gasteiger partial charge in [0.05, 0.1) is 15.7 Å². The quantitative estimate of drug-likeness (QED) is 0.499. The summed E-state index contributed by atoms with van der Waals surface area (Å²) in [6.07, 6.45) is 0. The predicted molar refractivity (Wildman–Crippen MR) is 99.1 cm³/mol. The van der Waals surface area contributed by atoms with Crippen LogP contribution in [0.25, 0.3) is 0 Å². The monoisotopic (exact) mass is 539 g/mol. The van der Waals surface area contributed by atoms with Gasteiger partial charge in [0.25, 0.3) is 10.0 Å². The molecule has 3 nitrogen and oxygen atoms in total. The van der Waals surface area contributed by atoms with E-state index < -0.39 is 10.0 Å². The Kier molecular flexibility index (Phi) is 5.71. The van der Waals surface area contributed by atoms with Crippen molar-refractivity contribution in [1.29, 1.82) is 0 Å². The molecule has 0 aliphatic carbocycles. The minimum atomic E-state index is -3.91. The largest absolute Gasteiger partial charge is 0.278 e. The van der Waals surface area contributed by atoms with Gasteiger partial charge in [-0.3, -0.25) is 4.72 Å². The molecule has 0 saturated carbocycles. The number of hydrogen-bond donors (Lipinski definition) is 1. The molecule has 9 heteroatoms. The van der Waals surface area contributed by atoms with Crippen LogP contribution in [0.4, 0.5) is 5.69 Å². The number of nitrogens with one attached hydrogen (secondary N) is 1. The molecule has 0 atom stereocenters. The van der Waals surface area contributed by atoms with E-state index in [4.69, 9.17) is 34.8 Å². The zero-order chi connectivity index (χ0) is 15.8. The van der Waals surface area contributed by atoms with Gasteiger partial charge in [-0.15, -0.1) is 0 Å². The summed E-state index contributed by atoms with van der Waals surface area (Å²) in [5, 5.41) is 0.582. The summed E-state index contributed by atoms with van der Waals surface area (Å²) in [7, 11) is -3.91. The van der Waals surface area contributed by atoms with Gasteiger partial charge in [-0.25, -0.2) is 8.42 Å². The molecule has 2 aromatic carbocycles. The standard InChI is InChI=1S/C12H6BrCl3INO2S/c13-6-3-8(15)12(9(16)4-6)21(19,20)18-11-2-1-7(14)5-10(11)17/h1-5,18H. The number of sulfonamides is 1. The Morgan fingerprint density at radius 1 is 1.05 bits per heavy atom. The van der Waals surface area contributed by atoms with E-state index in [1.54, 1.807) is 18.2 Å². The lowest BCUT2D eigenvalue weighted by Gasteiger charge is -2.12. The topological polar surface area (TPSA) is 46.2 Å². The Balaban J connectivity index is 2.48. The van der Waals surface area contributed by atoms with Crippen LogP contribution in [0.5, 0.6) is 0 Å². The first kappa shape index (κ1) is 17.6. The van der Waals surface area contributed by atoms with Crippen LogP contribution in [0.15, 0.2) is 39.7 Å². The summed E-state index contributed by atoms with van der Waals surface area (Å²) in [5.74, 6) is 0. The lowest BCUT2D eigenvalue weighted by molar-refractivity contribution is 0.601. The summed E-state index contributed by atoms with van der Waals surface area (Å²) < 4.78 is 28.6. The first-order valence-electron chi connectivity index (χ1n) is 5.33. The van der Waals surface area contributed by atoms with Gasteiger partial charge in [0.2, 0.25) is 0 Å². The minimum absolute atomic E-state index is 0.0332. The molecular formula is C12H6BrCl3INO2S. The lowest BCUT2D eigenvalue weighted by Crippen LogP contribution is -2.15. The van der Waals surface area contributed by atoms with E-state index in [1.807, 2.05) is 22.6 Å². The van der Waals surface area contributed by atoms with Gasteiger partial charge in [-0.1, -0.05) is 50.7 Å². The fourth-order valence-electron chi connectivity index (χ4n) is 1.55. The van der Waals surface area contributed by atoms with E-state index >= 15 is 0 Å². The Labute approximate surface area is 159 Å². The van der Waals surface area contributed by atoms with Crippen LogP contribution in [0, 0.1) is 3.57 Å². The highest BCUT2D eigenvalue weighted by molar-refractivity contribution is 14.1. The maximum Gasteiger partial charge on any atom is 0.264 e. The molecule has 0 unspecified atom stereocenters. The van der Waals surface area contributed by atoms with Crippen molar-refractivity contribution in [3.05, 3.63) is 53.4 Å². The normalized spacial score (nSPS) is 11.5. The molecule has 2 rings (SSSR count). The van der Waals surface area contributed by atoms with Crippen LogP contribution >= 0.6 is 73.3 Å². The summed E-state index contributed by atoms with van der Waals surface area (Å²) in [5.41, 5.74) is 0.398. The summed E-state index contributed by atoms with van der Waals surface area (Å²) in [6.45, 7) is 0. The van der Waals surface area contributed by atoms with Gasteiger partial charge in [-0.2, -0.15) is 0 Å². The predicted octanol–water partition coefficient (Wildman–Crippen LogP) is 5.81. The van der Waals surface area contributed by atoms with Gasteiger partial charge in [0.1, 0.15) is 4.90 Å². The molecule has 0 spiro atoms. The van der Waals surface area contributed by atoms with E-state index in [0.29, 0.717) is 18.8 Å². The molecule has 21 heavy (non-hydrogen) atoms. The fraction of sp³-hybridized carbons (Fsp3) is 0. The average Bonchev–Trinajstić information content (AvgIpc) is 2.30. The molecule has 0 aliphatic rings. The zero-order valence-electron chi connectivity index (χ0n) is 10.0. The van der Waals surface area contributed by atoms with E-state index in [1.165, 1.54) is 12.1 Å². The van der Waals surface area contributed by atoms with Crippen molar-refractivity contribution in [3.63, 3.8) is 0 Å². The van der Waals surface area contributed by atoms with Gasteiger partial charge < -0.3 is 0 Å². The third kappa shape index (κ3) is 4.17. The van der Waals surface area contributed by atoms with Crippen molar-refractivity contribution in [2.24, 2.45) is 0 Å². The Morgan fingerprint density at radius 3 is 2.14 bits per heavy atom. The van der Waals surface area contributed by atoms with Gasteiger partial charge in [-0.05, 0) is 52.9 Å². The van der Waals surface area contributed by atoms with Crippen LogP contribution in [0.2, 0.25) is 15.1 Å². The Bertz CT molecular complexity index is 791. The second-order valence-corrected chi connectivity index (χ2v) is 8.88. The molecule has 2 aromatic rings. The first-order chi connectivity index (χ1) is 9.70. The van der Waals surface area contributed by atoms with Crippen molar-refractivity contribution < 1.29 is 8.42 Å². The molecule has 0 amide bonds. The third-order valence-corrected chi connectivity index (χ3v) is 6.28. The summed E-state index contributed by atoms with van der Waals surface area (Å²) in [4.78, 5) is -0.167. The van der Waals surface area contributed by atoms with Crippen LogP contribution < -0.4 is 4.72 Å². The molecular weight excluding hydrogens is 535 g/mol. The van der Waals surface area contributed by atoms with E-state index in [-0.39, 0.29) is 14.9 Å². The smallest absolute Gasteiger partial charge is 0.264 e. The molecule has 1 N–H and O–H groups in total. The van der Waals surface area contributed by atoms with Crippen LogP contribution in [0.3, 0.4) is 0 Å². The van der Waals surface area contributed by atoms with Crippen molar-refractivity contribution in [1.82, 2.24) is 0 Å². The molecule has 0 heterocycles. The minimum Gasteiger partial charge on any atom is -0.278 e. The number of halogens is 5. The van der Waals surface area contributed by atoms with Gasteiger partial charge in [0, 0.05) is 13.1 Å². The van der Waals surface area contributed by atoms with Gasteiger partial charge >= 0.3 is 0 Å². The molecule has 0 radical (unpaired) electrons. The first-order valence-corrected chi connectivity index (χ1v) is 9.82. The van der Waals surface area contributed by atoms with Crippen LogP contribution in [-0.4, -0.2) is 8.42 Å². The van der Waals surface area contributed by atoms with E-state index in [0.717, 1.165) is 0 Å². The summed E-state index contributed by atoms with van der Waals surface area (Å²) >= 11 is 23.0. The fourth-order valence-corrected chi connectivity index (χ4v) is 5.76. The highest BCUT2D eigenvalue weighted by atomic mass is 127. The molecule has 0 saturated heterocycles. The number of rotatable bonds is 3. The van der Waals surface area contributed by atoms with Crippen molar-refractivity contribution in [3.8, 4) is 0 Å². The van der Waals surface area contributed by atoms with E-state index in [2.05, 4.69) is 20.7 Å². The SMILES string of the molecule is O=S(=O)(Nc1ccc(Cl)cc1I)c1c(Cl)cc(Br)cc1Cl. The number of hydrogen-bond acceptors (Lipinski definition) is 2. The second-order valence-electron chi connectivity index (χ2n) is 3.93. The van der Waals surface area contributed by atoms with E-state index in [9.17, 15) is 8.42 Å². The zero-order valence-corrected chi connectivity index (χ0v) is 16.8. The number of benzene rings is 2. The third-order valence-electron chi connectivity index (χ3n) is 2.41. The van der Waals surface area contributed by atoms with Crippen LogP contribution in [-0.2, 0) is 10.0 Å². The number of anilines is 1. The summed E-state index contributed by atoms with van der Waals surface area (Å²) in [6, 6.07) is 7.74. The van der Waals surface area contributed by atoms with Crippen molar-refractivity contribution in [2.75, 3.05) is 4.72 Å². The average molecular weight is 541 g/mol. The second kappa shape index (κ2) is 6.80. The van der Waals surface area contributed by atoms with Gasteiger partial charge in [0.15, 0.2) is 0 Å². The maximum atomic E-state index is 12.5.